The fourth-order valence-electron chi connectivity index (χ4n) is 2.42. The van der Waals surface area contributed by atoms with Crippen LogP contribution >= 0.6 is 0 Å². The van der Waals surface area contributed by atoms with E-state index in [1.165, 1.54) is 0 Å². The molecule has 0 aliphatic rings. The standard InChI is InChI=1S/C19H28N4O/c1-14-8-6-9-15(12-14)23-17(13-16(22-23)19(2,3)4)21-18(24)10-7-11-20-5/h6,8-9,12-13,20H,7,10-11H2,1-5H3,(H,21,24). The molecule has 5 nitrogen and oxygen atoms in total. The maximum absolute atomic E-state index is 12.2. The molecule has 1 aromatic heterocycles. The van der Waals surface area contributed by atoms with E-state index in [9.17, 15) is 4.79 Å². The predicted molar refractivity (Wildman–Crippen MR) is 98.8 cm³/mol. The Morgan fingerprint density at radius 3 is 2.62 bits per heavy atom. The molecule has 0 bridgehead atoms. The summed E-state index contributed by atoms with van der Waals surface area (Å²) in [6.07, 6.45) is 1.30. The number of aromatic nitrogens is 2. The average molecular weight is 328 g/mol. The number of carbonyl (C=O) groups is 1. The number of amides is 1. The summed E-state index contributed by atoms with van der Waals surface area (Å²) >= 11 is 0. The molecule has 0 saturated carbocycles. The van der Waals surface area contributed by atoms with E-state index < -0.39 is 0 Å². The van der Waals surface area contributed by atoms with Crippen molar-refractivity contribution >= 4 is 11.7 Å². The molecule has 0 aliphatic heterocycles. The van der Waals surface area contributed by atoms with Crippen LogP contribution in [0.1, 0.15) is 44.9 Å². The Morgan fingerprint density at radius 2 is 2.00 bits per heavy atom. The number of anilines is 1. The minimum atomic E-state index is -0.0827. The molecular formula is C19H28N4O. The fraction of sp³-hybridized carbons (Fsp3) is 0.474. The minimum absolute atomic E-state index is 0.0134. The van der Waals surface area contributed by atoms with Crippen LogP contribution in [0.2, 0.25) is 0 Å². The van der Waals surface area contributed by atoms with Crippen molar-refractivity contribution in [3.63, 3.8) is 0 Å². The number of hydrogen-bond donors (Lipinski definition) is 2. The molecule has 0 saturated heterocycles. The lowest BCUT2D eigenvalue weighted by molar-refractivity contribution is -0.116. The van der Waals surface area contributed by atoms with Gasteiger partial charge in [0.1, 0.15) is 5.82 Å². The molecule has 1 amide bonds. The Hall–Kier alpha value is -2.14. The zero-order valence-corrected chi connectivity index (χ0v) is 15.3. The highest BCUT2D eigenvalue weighted by Gasteiger charge is 2.21. The number of hydrogen-bond acceptors (Lipinski definition) is 3. The second-order valence-electron chi connectivity index (χ2n) is 7.17. The number of carbonyl (C=O) groups excluding carboxylic acids is 1. The van der Waals surface area contributed by atoms with Gasteiger partial charge in [-0.1, -0.05) is 32.9 Å². The van der Waals surface area contributed by atoms with Crippen LogP contribution in [0, 0.1) is 6.92 Å². The van der Waals surface area contributed by atoms with Crippen LogP contribution in [0.25, 0.3) is 5.69 Å². The van der Waals surface area contributed by atoms with Crippen molar-refractivity contribution in [1.29, 1.82) is 0 Å². The first kappa shape index (κ1) is 18.2. The first-order valence-corrected chi connectivity index (χ1v) is 8.43. The summed E-state index contributed by atoms with van der Waals surface area (Å²) in [5.41, 5.74) is 2.98. The highest BCUT2D eigenvalue weighted by molar-refractivity contribution is 5.90. The quantitative estimate of drug-likeness (QED) is 0.799. The molecule has 0 fully saturated rings. The Balaban J connectivity index is 2.31. The van der Waals surface area contributed by atoms with E-state index in [1.54, 1.807) is 0 Å². The lowest BCUT2D eigenvalue weighted by Gasteiger charge is -2.14. The summed E-state index contributed by atoms with van der Waals surface area (Å²) in [4.78, 5) is 12.2. The van der Waals surface area contributed by atoms with Crippen molar-refractivity contribution in [2.45, 2.75) is 46.0 Å². The third kappa shape index (κ3) is 4.68. The molecule has 5 heteroatoms. The number of benzene rings is 1. The van der Waals surface area contributed by atoms with Crippen molar-refractivity contribution in [2.24, 2.45) is 0 Å². The third-order valence-electron chi connectivity index (χ3n) is 3.82. The molecule has 0 spiro atoms. The molecule has 24 heavy (non-hydrogen) atoms. The van der Waals surface area contributed by atoms with Gasteiger partial charge in [-0.2, -0.15) is 5.10 Å². The number of rotatable bonds is 6. The average Bonchev–Trinajstić information content (AvgIpc) is 2.91. The van der Waals surface area contributed by atoms with Gasteiger partial charge in [-0.25, -0.2) is 4.68 Å². The normalized spacial score (nSPS) is 11.5. The van der Waals surface area contributed by atoms with Crippen LogP contribution in [0.3, 0.4) is 0 Å². The van der Waals surface area contributed by atoms with Gasteiger partial charge < -0.3 is 10.6 Å². The lowest BCUT2D eigenvalue weighted by atomic mass is 9.92. The molecule has 130 valence electrons. The second-order valence-corrected chi connectivity index (χ2v) is 7.17. The number of aryl methyl sites for hydroxylation is 1. The Kier molecular flexibility index (Phi) is 5.78. The first-order valence-electron chi connectivity index (χ1n) is 8.43. The summed E-state index contributed by atoms with van der Waals surface area (Å²) < 4.78 is 1.82. The van der Waals surface area contributed by atoms with Crippen molar-refractivity contribution in [2.75, 3.05) is 18.9 Å². The molecule has 2 rings (SSSR count). The third-order valence-corrected chi connectivity index (χ3v) is 3.82. The van der Waals surface area contributed by atoms with Gasteiger partial charge in [0.15, 0.2) is 0 Å². The van der Waals surface area contributed by atoms with E-state index in [4.69, 9.17) is 5.10 Å². The largest absolute Gasteiger partial charge is 0.320 e. The summed E-state index contributed by atoms with van der Waals surface area (Å²) in [6.45, 7) is 9.24. The van der Waals surface area contributed by atoms with Gasteiger partial charge in [0.05, 0.1) is 11.4 Å². The Labute approximate surface area is 144 Å². The lowest BCUT2D eigenvalue weighted by Crippen LogP contribution is -2.17. The fourth-order valence-corrected chi connectivity index (χ4v) is 2.42. The van der Waals surface area contributed by atoms with E-state index in [1.807, 2.05) is 42.9 Å². The van der Waals surface area contributed by atoms with Crippen LogP contribution in [-0.2, 0) is 10.2 Å². The zero-order valence-electron chi connectivity index (χ0n) is 15.3. The highest BCUT2D eigenvalue weighted by Crippen LogP contribution is 2.26. The predicted octanol–water partition coefficient (Wildman–Crippen LogP) is 3.42. The van der Waals surface area contributed by atoms with Gasteiger partial charge >= 0.3 is 0 Å². The van der Waals surface area contributed by atoms with E-state index in [0.29, 0.717) is 6.42 Å². The van der Waals surface area contributed by atoms with Crippen molar-refractivity contribution < 1.29 is 4.79 Å². The topological polar surface area (TPSA) is 59.0 Å². The van der Waals surface area contributed by atoms with E-state index >= 15 is 0 Å². The number of nitrogens with zero attached hydrogens (tertiary/aromatic N) is 2. The molecule has 0 atom stereocenters. The van der Waals surface area contributed by atoms with Crippen LogP contribution in [0.5, 0.6) is 0 Å². The molecule has 0 unspecified atom stereocenters. The summed E-state index contributed by atoms with van der Waals surface area (Å²) in [5, 5.41) is 10.8. The van der Waals surface area contributed by atoms with Crippen molar-refractivity contribution in [3.8, 4) is 5.69 Å². The van der Waals surface area contributed by atoms with Gasteiger partial charge in [0, 0.05) is 17.9 Å². The van der Waals surface area contributed by atoms with Crippen LogP contribution in [0.4, 0.5) is 5.82 Å². The maximum Gasteiger partial charge on any atom is 0.225 e. The zero-order chi connectivity index (χ0) is 17.7. The Morgan fingerprint density at radius 1 is 1.25 bits per heavy atom. The van der Waals surface area contributed by atoms with Crippen LogP contribution < -0.4 is 10.6 Å². The first-order chi connectivity index (χ1) is 11.3. The smallest absolute Gasteiger partial charge is 0.225 e. The molecule has 0 radical (unpaired) electrons. The molecule has 1 aromatic carbocycles. The molecule has 2 N–H and O–H groups in total. The van der Waals surface area contributed by atoms with E-state index in [0.717, 1.165) is 35.7 Å². The summed E-state index contributed by atoms with van der Waals surface area (Å²) in [5.74, 6) is 0.736. The maximum atomic E-state index is 12.2. The Bertz CT molecular complexity index is 698. The molecule has 0 aliphatic carbocycles. The number of nitrogens with one attached hydrogen (secondary N) is 2. The van der Waals surface area contributed by atoms with E-state index in [2.05, 4.69) is 37.5 Å². The SMILES string of the molecule is CNCCCC(=O)Nc1cc(C(C)(C)C)nn1-c1cccc(C)c1. The molecule has 1 heterocycles. The van der Waals surface area contributed by atoms with Gasteiger partial charge in [-0.15, -0.1) is 0 Å². The summed E-state index contributed by atoms with van der Waals surface area (Å²) in [7, 11) is 1.89. The molecular weight excluding hydrogens is 300 g/mol. The molecule has 2 aromatic rings. The van der Waals surface area contributed by atoms with Crippen molar-refractivity contribution in [1.82, 2.24) is 15.1 Å². The van der Waals surface area contributed by atoms with Crippen LogP contribution in [-0.4, -0.2) is 29.3 Å². The van der Waals surface area contributed by atoms with E-state index in [-0.39, 0.29) is 11.3 Å². The minimum Gasteiger partial charge on any atom is -0.320 e. The van der Waals surface area contributed by atoms with Crippen molar-refractivity contribution in [3.05, 3.63) is 41.6 Å². The van der Waals surface area contributed by atoms with Gasteiger partial charge in [0.2, 0.25) is 5.91 Å². The van der Waals surface area contributed by atoms with Crippen LogP contribution in [0.15, 0.2) is 30.3 Å². The van der Waals surface area contributed by atoms with Gasteiger partial charge in [0.25, 0.3) is 0 Å². The van der Waals surface area contributed by atoms with Gasteiger partial charge in [-0.3, -0.25) is 4.79 Å². The summed E-state index contributed by atoms with van der Waals surface area (Å²) in [6, 6.07) is 10.1. The highest BCUT2D eigenvalue weighted by atomic mass is 16.1. The van der Waals surface area contributed by atoms with Gasteiger partial charge in [-0.05, 0) is 44.6 Å². The second kappa shape index (κ2) is 7.62. The monoisotopic (exact) mass is 328 g/mol.